The Labute approximate surface area is 139 Å². The number of thiocarbonyl (C=S) groups is 1. The molecule has 5 heteroatoms. The zero-order valence-electron chi connectivity index (χ0n) is 14.0. The van der Waals surface area contributed by atoms with Gasteiger partial charge in [-0.3, -0.25) is 15.6 Å². The van der Waals surface area contributed by atoms with Gasteiger partial charge in [0.2, 0.25) is 0 Å². The molecule has 0 bridgehead atoms. The van der Waals surface area contributed by atoms with Crippen LogP contribution < -0.4 is 16.2 Å². The van der Waals surface area contributed by atoms with E-state index < -0.39 is 0 Å². The second-order valence-electron chi connectivity index (χ2n) is 6.37. The monoisotopic (exact) mass is 321 g/mol. The van der Waals surface area contributed by atoms with Gasteiger partial charge >= 0.3 is 0 Å². The van der Waals surface area contributed by atoms with E-state index in [9.17, 15) is 4.79 Å². The van der Waals surface area contributed by atoms with Gasteiger partial charge in [-0.25, -0.2) is 0 Å². The molecule has 0 aliphatic heterocycles. The molecule has 4 nitrogen and oxygen atoms in total. The van der Waals surface area contributed by atoms with Crippen LogP contribution in [0.1, 0.15) is 62.9 Å². The summed E-state index contributed by atoms with van der Waals surface area (Å²) in [6, 6.07) is 7.62. The van der Waals surface area contributed by atoms with Crippen molar-refractivity contribution in [1.82, 2.24) is 16.2 Å². The van der Waals surface area contributed by atoms with E-state index >= 15 is 0 Å². The van der Waals surface area contributed by atoms with Crippen LogP contribution in [0.15, 0.2) is 24.3 Å². The smallest absolute Gasteiger partial charge is 0.269 e. The fourth-order valence-corrected chi connectivity index (χ4v) is 2.08. The number of rotatable bonds is 5. The van der Waals surface area contributed by atoms with Crippen molar-refractivity contribution in [3.8, 4) is 0 Å². The summed E-state index contributed by atoms with van der Waals surface area (Å²) < 4.78 is 0. The van der Waals surface area contributed by atoms with Crippen molar-refractivity contribution < 1.29 is 4.79 Å². The third-order valence-corrected chi connectivity index (χ3v) is 3.61. The summed E-state index contributed by atoms with van der Waals surface area (Å²) >= 11 is 5.10. The van der Waals surface area contributed by atoms with E-state index in [1.807, 2.05) is 24.3 Å². The molecule has 0 radical (unpaired) electrons. The number of amides is 1. The van der Waals surface area contributed by atoms with E-state index in [4.69, 9.17) is 12.2 Å². The first kappa shape index (κ1) is 18.4. The minimum Gasteiger partial charge on any atom is -0.361 e. The zero-order chi connectivity index (χ0) is 16.6. The lowest BCUT2D eigenvalue weighted by Gasteiger charge is -2.19. The van der Waals surface area contributed by atoms with Gasteiger partial charge in [-0.1, -0.05) is 52.7 Å². The van der Waals surface area contributed by atoms with Crippen molar-refractivity contribution in [3.63, 3.8) is 0 Å². The number of hydrazine groups is 1. The van der Waals surface area contributed by atoms with Gasteiger partial charge in [-0.15, -0.1) is 0 Å². The van der Waals surface area contributed by atoms with Crippen LogP contribution in [0.2, 0.25) is 0 Å². The molecule has 0 unspecified atom stereocenters. The third kappa shape index (κ3) is 6.43. The first-order valence-corrected chi connectivity index (χ1v) is 8.20. The highest BCUT2D eigenvalue weighted by Crippen LogP contribution is 2.22. The summed E-state index contributed by atoms with van der Waals surface area (Å²) in [5.41, 5.74) is 7.21. The van der Waals surface area contributed by atoms with E-state index in [0.717, 1.165) is 13.0 Å². The number of hydrogen-bond acceptors (Lipinski definition) is 2. The van der Waals surface area contributed by atoms with Crippen molar-refractivity contribution in [1.29, 1.82) is 0 Å². The topological polar surface area (TPSA) is 53.2 Å². The number of benzene rings is 1. The van der Waals surface area contributed by atoms with Gasteiger partial charge in [0.05, 0.1) is 0 Å². The molecule has 122 valence electrons. The molecule has 1 aromatic rings. The number of hydrogen-bond donors (Lipinski definition) is 3. The highest BCUT2D eigenvalue weighted by atomic mass is 32.1. The maximum atomic E-state index is 12.0. The summed E-state index contributed by atoms with van der Waals surface area (Å²) in [5.74, 6) is -0.196. The summed E-state index contributed by atoms with van der Waals surface area (Å²) in [7, 11) is 0. The highest BCUT2D eigenvalue weighted by Gasteiger charge is 2.14. The summed E-state index contributed by atoms with van der Waals surface area (Å²) in [4.78, 5) is 12.0. The third-order valence-electron chi connectivity index (χ3n) is 3.37. The molecule has 0 fully saturated rings. The van der Waals surface area contributed by atoms with E-state index in [0.29, 0.717) is 10.7 Å². The maximum absolute atomic E-state index is 12.0. The number of nitrogens with one attached hydrogen (secondary N) is 3. The molecule has 1 rings (SSSR count). The van der Waals surface area contributed by atoms with Crippen LogP contribution in [-0.4, -0.2) is 17.6 Å². The Morgan fingerprint density at radius 2 is 1.73 bits per heavy atom. The first-order valence-electron chi connectivity index (χ1n) is 7.79. The Morgan fingerprint density at radius 3 is 2.27 bits per heavy atom. The van der Waals surface area contributed by atoms with E-state index in [2.05, 4.69) is 43.9 Å². The Morgan fingerprint density at radius 1 is 1.09 bits per heavy atom. The quantitative estimate of drug-likeness (QED) is 0.442. The minimum absolute atomic E-state index is 0.0806. The van der Waals surface area contributed by atoms with Gasteiger partial charge in [0.1, 0.15) is 0 Å². The lowest BCUT2D eigenvalue weighted by molar-refractivity contribution is 0.0943. The second-order valence-corrected chi connectivity index (χ2v) is 6.78. The molecule has 0 saturated heterocycles. The molecule has 0 aliphatic rings. The lowest BCUT2D eigenvalue weighted by Crippen LogP contribution is -2.46. The fraction of sp³-hybridized carbons (Fsp3) is 0.529. The molecule has 0 saturated carbocycles. The Hall–Kier alpha value is -1.62. The van der Waals surface area contributed by atoms with Gasteiger partial charge in [-0.05, 0) is 41.7 Å². The lowest BCUT2D eigenvalue weighted by atomic mass is 9.87. The van der Waals surface area contributed by atoms with Gasteiger partial charge in [-0.2, -0.15) is 0 Å². The van der Waals surface area contributed by atoms with Crippen LogP contribution in [0.4, 0.5) is 0 Å². The Balaban J connectivity index is 2.40. The molecule has 22 heavy (non-hydrogen) atoms. The average molecular weight is 321 g/mol. The van der Waals surface area contributed by atoms with Gasteiger partial charge in [0, 0.05) is 12.1 Å². The van der Waals surface area contributed by atoms with Crippen LogP contribution in [0.25, 0.3) is 0 Å². The molecule has 0 aliphatic carbocycles. The second kappa shape index (κ2) is 8.73. The van der Waals surface area contributed by atoms with Gasteiger partial charge in [0.25, 0.3) is 5.91 Å². The van der Waals surface area contributed by atoms with Crippen LogP contribution in [0.3, 0.4) is 0 Å². The van der Waals surface area contributed by atoms with Gasteiger partial charge in [0.15, 0.2) is 5.11 Å². The summed E-state index contributed by atoms with van der Waals surface area (Å²) in [6.07, 6.45) is 3.41. The molecule has 0 atom stereocenters. The largest absolute Gasteiger partial charge is 0.361 e. The van der Waals surface area contributed by atoms with E-state index in [1.165, 1.54) is 18.4 Å². The molecular weight excluding hydrogens is 294 g/mol. The molecule has 1 amide bonds. The SMILES string of the molecule is CCCCCNC(=S)NNC(=O)c1ccc(C(C)(C)C)cc1. The van der Waals surface area contributed by atoms with Crippen LogP contribution in [0.5, 0.6) is 0 Å². The van der Waals surface area contributed by atoms with Crippen molar-refractivity contribution in [2.24, 2.45) is 0 Å². The fourth-order valence-electron chi connectivity index (χ4n) is 1.93. The van der Waals surface area contributed by atoms with Crippen molar-refractivity contribution in [3.05, 3.63) is 35.4 Å². The van der Waals surface area contributed by atoms with Gasteiger partial charge < -0.3 is 5.32 Å². The Bertz CT molecular complexity index is 492. The first-order chi connectivity index (χ1) is 10.3. The molecule has 0 heterocycles. The molecule has 0 spiro atoms. The predicted molar refractivity (Wildman–Crippen MR) is 95.9 cm³/mol. The van der Waals surface area contributed by atoms with Crippen molar-refractivity contribution >= 4 is 23.2 Å². The average Bonchev–Trinajstić information content (AvgIpc) is 2.48. The maximum Gasteiger partial charge on any atom is 0.269 e. The molecule has 1 aromatic carbocycles. The molecule has 0 aromatic heterocycles. The predicted octanol–water partition coefficient (Wildman–Crippen LogP) is 3.28. The zero-order valence-corrected chi connectivity index (χ0v) is 14.8. The molecule has 3 N–H and O–H groups in total. The highest BCUT2D eigenvalue weighted by molar-refractivity contribution is 7.80. The summed E-state index contributed by atoms with van der Waals surface area (Å²) in [6.45, 7) is 9.41. The number of unbranched alkanes of at least 4 members (excludes halogenated alkanes) is 2. The summed E-state index contributed by atoms with van der Waals surface area (Å²) in [5, 5.41) is 3.50. The minimum atomic E-state index is -0.196. The Kier molecular flexibility index (Phi) is 7.32. The number of carbonyl (C=O) groups excluding carboxylic acids is 1. The van der Waals surface area contributed by atoms with Crippen molar-refractivity contribution in [2.75, 3.05) is 6.54 Å². The molecular formula is C17H27N3OS. The van der Waals surface area contributed by atoms with Crippen molar-refractivity contribution in [2.45, 2.75) is 52.4 Å². The van der Waals surface area contributed by atoms with Crippen LogP contribution in [-0.2, 0) is 5.41 Å². The van der Waals surface area contributed by atoms with Crippen LogP contribution in [0, 0.1) is 0 Å². The van der Waals surface area contributed by atoms with E-state index in [1.54, 1.807) is 0 Å². The van der Waals surface area contributed by atoms with Crippen LogP contribution >= 0.6 is 12.2 Å². The van der Waals surface area contributed by atoms with E-state index in [-0.39, 0.29) is 11.3 Å². The number of carbonyl (C=O) groups is 1. The normalized spacial score (nSPS) is 10.9. The standard InChI is InChI=1S/C17H27N3OS/c1-5-6-7-12-18-16(22)20-19-15(21)13-8-10-14(11-9-13)17(2,3)4/h8-11H,5-7,12H2,1-4H3,(H,19,21)(H2,18,20,22).